The van der Waals surface area contributed by atoms with E-state index >= 15 is 0 Å². The van der Waals surface area contributed by atoms with Crippen LogP contribution in [0.3, 0.4) is 0 Å². The molecule has 0 unspecified atom stereocenters. The highest BCUT2D eigenvalue weighted by Gasteiger charge is 2.28. The van der Waals surface area contributed by atoms with Crippen LogP contribution in [0.25, 0.3) is 0 Å². The van der Waals surface area contributed by atoms with Crippen molar-refractivity contribution in [3.63, 3.8) is 0 Å². The maximum atomic E-state index is 11.7. The Labute approximate surface area is 116 Å². The van der Waals surface area contributed by atoms with Gasteiger partial charge in [-0.25, -0.2) is 4.79 Å². The van der Waals surface area contributed by atoms with Crippen LogP contribution in [0, 0.1) is 0 Å². The molecule has 2 fully saturated rings. The molecule has 0 aliphatic carbocycles. The minimum absolute atomic E-state index is 0.159. The Morgan fingerprint density at radius 2 is 1.95 bits per heavy atom. The molecule has 2 aliphatic heterocycles. The molecule has 110 valence electrons. The van der Waals surface area contributed by atoms with Crippen LogP contribution in [0.5, 0.6) is 0 Å². The molecule has 1 atom stereocenters. The van der Waals surface area contributed by atoms with Gasteiger partial charge in [-0.05, 0) is 39.2 Å². The monoisotopic (exact) mass is 269 g/mol. The summed E-state index contributed by atoms with van der Waals surface area (Å²) in [4.78, 5) is 16.0. The largest absolute Gasteiger partial charge is 0.450 e. The summed E-state index contributed by atoms with van der Waals surface area (Å²) >= 11 is 0. The van der Waals surface area contributed by atoms with Gasteiger partial charge in [0.2, 0.25) is 0 Å². The van der Waals surface area contributed by atoms with Gasteiger partial charge in [-0.15, -0.1) is 0 Å². The predicted molar refractivity (Wildman–Crippen MR) is 75.0 cm³/mol. The molecule has 0 aromatic rings. The third-order valence-electron chi connectivity index (χ3n) is 4.25. The Morgan fingerprint density at radius 1 is 1.21 bits per heavy atom. The van der Waals surface area contributed by atoms with Crippen molar-refractivity contribution >= 4 is 6.09 Å². The van der Waals surface area contributed by atoms with Crippen LogP contribution in [0.2, 0.25) is 0 Å². The summed E-state index contributed by atoms with van der Waals surface area (Å²) in [5.41, 5.74) is 6.12. The van der Waals surface area contributed by atoms with Crippen molar-refractivity contribution in [2.45, 2.75) is 51.1 Å². The Kier molecular flexibility index (Phi) is 5.45. The van der Waals surface area contributed by atoms with Crippen LogP contribution in [-0.2, 0) is 4.74 Å². The molecule has 0 radical (unpaired) electrons. The highest BCUT2D eigenvalue weighted by atomic mass is 16.6. The van der Waals surface area contributed by atoms with Crippen LogP contribution >= 0.6 is 0 Å². The van der Waals surface area contributed by atoms with Crippen molar-refractivity contribution in [3.8, 4) is 0 Å². The molecule has 2 saturated heterocycles. The topological polar surface area (TPSA) is 58.8 Å². The van der Waals surface area contributed by atoms with Crippen LogP contribution in [0.4, 0.5) is 4.79 Å². The number of nitrogens with zero attached hydrogens (tertiary/aromatic N) is 2. The smallest absolute Gasteiger partial charge is 0.409 e. The third-order valence-corrected chi connectivity index (χ3v) is 4.25. The SMILES string of the molecule is CCOC(=O)N1CCC(N2CCCC[C@H](N)C2)CC1. The normalized spacial score (nSPS) is 27.1. The molecular formula is C14H27N3O2. The zero-order valence-corrected chi connectivity index (χ0v) is 12.0. The second-order valence-electron chi connectivity index (χ2n) is 5.67. The van der Waals surface area contributed by atoms with Gasteiger partial charge in [0, 0.05) is 31.7 Å². The quantitative estimate of drug-likeness (QED) is 0.823. The van der Waals surface area contributed by atoms with Crippen molar-refractivity contribution in [3.05, 3.63) is 0 Å². The van der Waals surface area contributed by atoms with Crippen molar-refractivity contribution in [2.24, 2.45) is 5.73 Å². The first-order chi connectivity index (χ1) is 9.20. The number of hydrogen-bond acceptors (Lipinski definition) is 4. The average molecular weight is 269 g/mol. The second-order valence-corrected chi connectivity index (χ2v) is 5.67. The van der Waals surface area contributed by atoms with E-state index in [4.69, 9.17) is 10.5 Å². The van der Waals surface area contributed by atoms with Crippen LogP contribution in [-0.4, -0.2) is 60.8 Å². The maximum absolute atomic E-state index is 11.7. The molecule has 5 heteroatoms. The van der Waals surface area contributed by atoms with E-state index in [1.54, 1.807) is 0 Å². The van der Waals surface area contributed by atoms with Crippen LogP contribution in [0.1, 0.15) is 39.0 Å². The molecule has 2 aliphatic rings. The summed E-state index contributed by atoms with van der Waals surface area (Å²) in [7, 11) is 0. The van der Waals surface area contributed by atoms with Gasteiger partial charge in [-0.1, -0.05) is 6.42 Å². The van der Waals surface area contributed by atoms with Gasteiger partial charge in [-0.2, -0.15) is 0 Å². The van der Waals surface area contributed by atoms with E-state index in [2.05, 4.69) is 4.90 Å². The summed E-state index contributed by atoms with van der Waals surface area (Å²) in [5.74, 6) is 0. The average Bonchev–Trinajstić information content (AvgIpc) is 2.64. The van der Waals surface area contributed by atoms with Gasteiger partial charge < -0.3 is 15.4 Å². The van der Waals surface area contributed by atoms with E-state index < -0.39 is 0 Å². The molecule has 2 rings (SSSR count). The van der Waals surface area contributed by atoms with Crippen molar-refractivity contribution < 1.29 is 9.53 Å². The Morgan fingerprint density at radius 3 is 2.63 bits per heavy atom. The zero-order chi connectivity index (χ0) is 13.7. The fourth-order valence-corrected chi connectivity index (χ4v) is 3.17. The third kappa shape index (κ3) is 4.08. The molecule has 0 aromatic carbocycles. The maximum Gasteiger partial charge on any atom is 0.409 e. The summed E-state index contributed by atoms with van der Waals surface area (Å²) in [6, 6.07) is 0.917. The minimum atomic E-state index is -0.159. The molecule has 0 bridgehead atoms. The summed E-state index contributed by atoms with van der Waals surface area (Å²) in [6.07, 6.45) is 5.59. The van der Waals surface area contributed by atoms with Crippen LogP contribution in [0.15, 0.2) is 0 Å². The van der Waals surface area contributed by atoms with Crippen molar-refractivity contribution in [1.29, 1.82) is 0 Å². The van der Waals surface area contributed by atoms with Gasteiger partial charge in [-0.3, -0.25) is 4.90 Å². The standard InChI is InChI=1S/C14H27N3O2/c1-2-19-14(18)16-9-6-13(7-10-16)17-8-4-3-5-12(15)11-17/h12-13H,2-11,15H2,1H3/t12-/m0/s1. The van der Waals surface area contributed by atoms with Gasteiger partial charge in [0.05, 0.1) is 6.61 Å². The van der Waals surface area contributed by atoms with Crippen LogP contribution < -0.4 is 5.73 Å². The molecule has 0 aromatic heterocycles. The molecule has 19 heavy (non-hydrogen) atoms. The lowest BCUT2D eigenvalue weighted by Gasteiger charge is -2.38. The first-order valence-electron chi connectivity index (χ1n) is 7.62. The summed E-state index contributed by atoms with van der Waals surface area (Å²) < 4.78 is 5.05. The number of nitrogens with two attached hydrogens (primary N) is 1. The lowest BCUT2D eigenvalue weighted by atomic mass is 10.0. The molecule has 0 spiro atoms. The number of hydrogen-bond donors (Lipinski definition) is 1. The Balaban J connectivity index is 1.80. The van der Waals surface area contributed by atoms with E-state index in [0.717, 1.165) is 45.4 Å². The van der Waals surface area contributed by atoms with E-state index in [1.165, 1.54) is 12.8 Å². The molecule has 2 N–H and O–H groups in total. The molecule has 1 amide bonds. The molecule has 2 heterocycles. The zero-order valence-electron chi connectivity index (χ0n) is 12.0. The van der Waals surface area contributed by atoms with Crippen molar-refractivity contribution in [2.75, 3.05) is 32.8 Å². The first-order valence-corrected chi connectivity index (χ1v) is 7.62. The van der Waals surface area contributed by atoms with Gasteiger partial charge >= 0.3 is 6.09 Å². The fraction of sp³-hybridized carbons (Fsp3) is 0.929. The number of carbonyl (C=O) groups excluding carboxylic acids is 1. The predicted octanol–water partition coefficient (Wildman–Crippen LogP) is 1.42. The summed E-state index contributed by atoms with van der Waals surface area (Å²) in [5, 5.41) is 0. The van der Waals surface area contributed by atoms with E-state index in [-0.39, 0.29) is 6.09 Å². The molecule has 0 saturated carbocycles. The number of rotatable bonds is 2. The first kappa shape index (κ1) is 14.6. The minimum Gasteiger partial charge on any atom is -0.450 e. The number of piperidine rings is 1. The second kappa shape index (κ2) is 7.10. The van der Waals surface area contributed by atoms with Gasteiger partial charge in [0.25, 0.3) is 0 Å². The number of carbonyl (C=O) groups is 1. The van der Waals surface area contributed by atoms with Gasteiger partial charge in [0.1, 0.15) is 0 Å². The lowest BCUT2D eigenvalue weighted by molar-refractivity contribution is 0.0745. The molecular weight excluding hydrogens is 242 g/mol. The van der Waals surface area contributed by atoms with Crippen molar-refractivity contribution in [1.82, 2.24) is 9.80 Å². The van der Waals surface area contributed by atoms with E-state index in [9.17, 15) is 4.79 Å². The van der Waals surface area contributed by atoms with Gasteiger partial charge in [0.15, 0.2) is 0 Å². The number of likely N-dealkylation sites (tertiary alicyclic amines) is 2. The Bertz CT molecular complexity index is 290. The molecule has 5 nitrogen and oxygen atoms in total. The fourth-order valence-electron chi connectivity index (χ4n) is 3.17. The lowest BCUT2D eigenvalue weighted by Crippen LogP contribution is -2.49. The van der Waals surface area contributed by atoms with E-state index in [1.807, 2.05) is 11.8 Å². The summed E-state index contributed by atoms with van der Waals surface area (Å²) in [6.45, 7) is 6.12. The highest BCUT2D eigenvalue weighted by molar-refractivity contribution is 5.67. The highest BCUT2D eigenvalue weighted by Crippen LogP contribution is 2.20. The Hall–Kier alpha value is -0.810. The number of amides is 1. The number of ether oxygens (including phenoxy) is 1. The van der Waals surface area contributed by atoms with E-state index in [0.29, 0.717) is 18.7 Å².